The zero-order valence-electron chi connectivity index (χ0n) is 13.5. The molecule has 120 valence electrons. The van der Waals surface area contributed by atoms with Crippen molar-refractivity contribution in [1.82, 2.24) is 9.55 Å². The minimum atomic E-state index is -0.284. The maximum Gasteiger partial charge on any atom is 0.308 e. The first-order valence-corrected chi connectivity index (χ1v) is 9.18. The van der Waals surface area contributed by atoms with Gasteiger partial charge in [-0.05, 0) is 37.1 Å². The zero-order valence-corrected chi connectivity index (χ0v) is 15.2. The monoisotopic (exact) mass is 353 g/mol. The van der Waals surface area contributed by atoms with Crippen LogP contribution in [0.4, 0.5) is 0 Å². The second-order valence-corrected chi connectivity index (χ2v) is 7.73. The van der Waals surface area contributed by atoms with Gasteiger partial charge in [0.2, 0.25) is 0 Å². The number of rotatable bonds is 1. The predicted molar refractivity (Wildman–Crippen MR) is 99.8 cm³/mol. The van der Waals surface area contributed by atoms with Gasteiger partial charge in [0.25, 0.3) is 0 Å². The number of carbonyl (C=O) groups excluding carboxylic acids is 1. The van der Waals surface area contributed by atoms with Gasteiger partial charge < -0.3 is 4.57 Å². The molecule has 24 heavy (non-hydrogen) atoms. The van der Waals surface area contributed by atoms with Crippen LogP contribution in [0.25, 0.3) is 20.4 Å². The van der Waals surface area contributed by atoms with E-state index in [0.717, 1.165) is 15.7 Å². The molecule has 4 aromatic rings. The number of fused-ring (bicyclic) bond motifs is 2. The Balaban J connectivity index is 1.87. The Morgan fingerprint density at radius 3 is 2.58 bits per heavy atom. The minimum absolute atomic E-state index is 0.284. The highest BCUT2D eigenvalue weighted by atomic mass is 32.1. The maximum atomic E-state index is 12.6. The third kappa shape index (κ3) is 2.39. The smallest absolute Gasteiger partial charge is 0.308 e. The Kier molecular flexibility index (Phi) is 3.58. The van der Waals surface area contributed by atoms with Crippen molar-refractivity contribution in [2.75, 3.05) is 0 Å². The molecule has 0 saturated heterocycles. The fourth-order valence-electron chi connectivity index (χ4n) is 2.77. The molecule has 0 spiro atoms. The van der Waals surface area contributed by atoms with E-state index in [1.165, 1.54) is 27.2 Å². The van der Waals surface area contributed by atoms with Gasteiger partial charge in [0.1, 0.15) is 0 Å². The molecule has 0 aliphatic carbocycles. The van der Waals surface area contributed by atoms with Gasteiger partial charge in [-0.25, -0.2) is 4.98 Å². The summed E-state index contributed by atoms with van der Waals surface area (Å²) in [5.74, 6) is -0.284. The summed E-state index contributed by atoms with van der Waals surface area (Å²) in [6, 6.07) is 12.0. The highest BCUT2D eigenvalue weighted by Gasteiger charge is 2.13. The Hall–Kier alpha value is -2.31. The lowest BCUT2D eigenvalue weighted by molar-refractivity contribution is 0.0998. The van der Waals surface area contributed by atoms with Crippen molar-refractivity contribution < 1.29 is 4.79 Å². The molecule has 6 heteroatoms. The molecule has 0 bridgehead atoms. The lowest BCUT2D eigenvalue weighted by Gasteiger charge is -2.01. The first-order valence-electron chi connectivity index (χ1n) is 7.55. The van der Waals surface area contributed by atoms with Crippen molar-refractivity contribution in [2.24, 2.45) is 12.0 Å². The number of amides is 1. The van der Waals surface area contributed by atoms with E-state index in [2.05, 4.69) is 36.0 Å². The number of thiazole rings is 2. The lowest BCUT2D eigenvalue weighted by atomic mass is 10.1. The standard InChI is InChI=1S/C18H15N3OS2/c1-10-8-9-11(2)15-14(10)21(3)18(24-15)20-16(22)17-19-12-6-4-5-7-13(12)23-17/h4-9H,1-3H3. The van der Waals surface area contributed by atoms with Crippen LogP contribution in [0.2, 0.25) is 0 Å². The molecule has 0 aliphatic rings. The second-order valence-electron chi connectivity index (χ2n) is 5.72. The third-order valence-electron chi connectivity index (χ3n) is 4.02. The van der Waals surface area contributed by atoms with Crippen LogP contribution in [0, 0.1) is 13.8 Å². The normalized spacial score (nSPS) is 12.4. The third-order valence-corrected chi connectivity index (χ3v) is 6.31. The van der Waals surface area contributed by atoms with Crippen LogP contribution in [0.5, 0.6) is 0 Å². The second kappa shape index (κ2) is 5.65. The van der Waals surface area contributed by atoms with Crippen molar-refractivity contribution in [3.8, 4) is 0 Å². The number of aromatic nitrogens is 2. The summed E-state index contributed by atoms with van der Waals surface area (Å²) >= 11 is 2.93. The van der Waals surface area contributed by atoms with Crippen LogP contribution < -0.4 is 4.80 Å². The van der Waals surface area contributed by atoms with Crippen LogP contribution >= 0.6 is 22.7 Å². The van der Waals surface area contributed by atoms with Crippen molar-refractivity contribution in [3.63, 3.8) is 0 Å². The molecule has 0 atom stereocenters. The highest BCUT2D eigenvalue weighted by molar-refractivity contribution is 7.20. The number of nitrogens with zero attached hydrogens (tertiary/aromatic N) is 3. The summed E-state index contributed by atoms with van der Waals surface area (Å²) < 4.78 is 4.17. The van der Waals surface area contributed by atoms with E-state index in [-0.39, 0.29) is 5.91 Å². The van der Waals surface area contributed by atoms with Crippen LogP contribution in [0.1, 0.15) is 20.9 Å². The summed E-state index contributed by atoms with van der Waals surface area (Å²) in [5, 5.41) is 0.432. The van der Waals surface area contributed by atoms with Gasteiger partial charge in [-0.3, -0.25) is 4.79 Å². The van der Waals surface area contributed by atoms with Gasteiger partial charge >= 0.3 is 5.91 Å². The molecule has 2 aromatic heterocycles. The van der Waals surface area contributed by atoms with Gasteiger partial charge in [0, 0.05) is 7.05 Å². The maximum absolute atomic E-state index is 12.6. The van der Waals surface area contributed by atoms with Crippen molar-refractivity contribution in [3.05, 3.63) is 57.3 Å². The van der Waals surface area contributed by atoms with E-state index in [1.54, 1.807) is 11.3 Å². The van der Waals surface area contributed by atoms with Crippen molar-refractivity contribution in [2.45, 2.75) is 13.8 Å². The molecule has 0 fully saturated rings. The summed E-state index contributed by atoms with van der Waals surface area (Å²) in [6.07, 6.45) is 0. The number of para-hydroxylation sites is 1. The molecular weight excluding hydrogens is 338 g/mol. The quantitative estimate of drug-likeness (QED) is 0.515. The first kappa shape index (κ1) is 15.2. The van der Waals surface area contributed by atoms with Gasteiger partial charge in [-0.15, -0.1) is 11.3 Å². The molecule has 2 aromatic carbocycles. The van der Waals surface area contributed by atoms with Crippen LogP contribution in [0.15, 0.2) is 41.4 Å². The van der Waals surface area contributed by atoms with E-state index in [9.17, 15) is 4.79 Å². The van der Waals surface area contributed by atoms with E-state index >= 15 is 0 Å². The summed E-state index contributed by atoms with van der Waals surface area (Å²) in [6.45, 7) is 4.16. The summed E-state index contributed by atoms with van der Waals surface area (Å²) in [4.78, 5) is 22.0. The van der Waals surface area contributed by atoms with E-state index < -0.39 is 0 Å². The molecule has 0 saturated carbocycles. The first-order chi connectivity index (χ1) is 11.5. The van der Waals surface area contributed by atoms with Crippen molar-refractivity contribution >= 4 is 49.0 Å². The Morgan fingerprint density at radius 2 is 1.83 bits per heavy atom. The molecule has 4 rings (SSSR count). The van der Waals surface area contributed by atoms with Gasteiger partial charge in [0.15, 0.2) is 9.81 Å². The van der Waals surface area contributed by atoms with Gasteiger partial charge in [0.05, 0.1) is 20.4 Å². The van der Waals surface area contributed by atoms with Gasteiger partial charge in [-0.1, -0.05) is 35.6 Å². The highest BCUT2D eigenvalue weighted by Crippen LogP contribution is 2.25. The fourth-order valence-corrected chi connectivity index (χ4v) is 4.78. The minimum Gasteiger partial charge on any atom is -0.319 e. The zero-order chi connectivity index (χ0) is 16.8. The molecular formula is C18H15N3OS2. The summed E-state index contributed by atoms with van der Waals surface area (Å²) in [7, 11) is 1.95. The predicted octanol–water partition coefficient (Wildman–Crippen LogP) is 4.21. The largest absolute Gasteiger partial charge is 0.319 e. The number of aryl methyl sites for hydroxylation is 3. The molecule has 0 unspecified atom stereocenters. The molecule has 0 aliphatic heterocycles. The number of hydrogen-bond acceptors (Lipinski definition) is 4. The Labute approximate surface area is 146 Å². The molecule has 0 radical (unpaired) electrons. The average Bonchev–Trinajstić information content (AvgIpc) is 3.14. The molecule has 0 N–H and O–H groups in total. The molecule has 2 heterocycles. The van der Waals surface area contributed by atoms with Crippen LogP contribution in [-0.2, 0) is 7.05 Å². The lowest BCUT2D eigenvalue weighted by Crippen LogP contribution is -2.13. The van der Waals surface area contributed by atoms with Crippen LogP contribution in [-0.4, -0.2) is 15.5 Å². The number of carbonyl (C=O) groups is 1. The molecule has 1 amide bonds. The summed E-state index contributed by atoms with van der Waals surface area (Å²) in [5.41, 5.74) is 4.36. The van der Waals surface area contributed by atoms with E-state index in [1.807, 2.05) is 35.9 Å². The number of benzene rings is 2. The number of hydrogen-bond donors (Lipinski definition) is 0. The van der Waals surface area contributed by atoms with E-state index in [0.29, 0.717) is 9.81 Å². The van der Waals surface area contributed by atoms with E-state index in [4.69, 9.17) is 0 Å². The van der Waals surface area contributed by atoms with Crippen LogP contribution in [0.3, 0.4) is 0 Å². The topological polar surface area (TPSA) is 47.2 Å². The van der Waals surface area contributed by atoms with Crippen molar-refractivity contribution in [1.29, 1.82) is 0 Å². The SMILES string of the molecule is Cc1ccc(C)c2c1sc(=NC(=O)c1nc3ccccc3s1)n2C. The Morgan fingerprint density at radius 1 is 1.08 bits per heavy atom. The molecule has 4 nitrogen and oxygen atoms in total. The fraction of sp³-hybridized carbons (Fsp3) is 0.167. The average molecular weight is 353 g/mol. The van der Waals surface area contributed by atoms with Gasteiger partial charge in [-0.2, -0.15) is 4.99 Å². The Bertz CT molecular complexity index is 1130.